The molecule has 3 amide bonds. The Labute approximate surface area is 137 Å². The highest BCUT2D eigenvalue weighted by Gasteiger charge is 2.30. The van der Waals surface area contributed by atoms with Gasteiger partial charge in [0, 0.05) is 5.69 Å². The summed E-state index contributed by atoms with van der Waals surface area (Å²) < 4.78 is 5.05. The minimum atomic E-state index is -0.593. The summed E-state index contributed by atoms with van der Waals surface area (Å²) in [4.78, 5) is 30.3. The predicted octanol–water partition coefficient (Wildman–Crippen LogP) is 2.53. The Hall–Kier alpha value is -2.61. The quantitative estimate of drug-likeness (QED) is 0.885. The summed E-state index contributed by atoms with van der Waals surface area (Å²) in [6.45, 7) is 2.04. The second-order valence-electron chi connectivity index (χ2n) is 5.07. The summed E-state index contributed by atoms with van der Waals surface area (Å²) in [5, 5.41) is 6.58. The molecular formula is C15H16N4O3S. The number of hydrogen-bond acceptors (Lipinski definition) is 5. The highest BCUT2D eigenvalue weighted by molar-refractivity contribution is 7.17. The zero-order chi connectivity index (χ0) is 16.4. The second-order valence-corrected chi connectivity index (χ2v) is 6.06. The minimum absolute atomic E-state index is 0.221. The van der Waals surface area contributed by atoms with Crippen molar-refractivity contribution in [3.8, 4) is 5.06 Å². The first kappa shape index (κ1) is 15.3. The molecule has 0 radical (unpaired) electrons. The monoisotopic (exact) mass is 332 g/mol. The van der Waals surface area contributed by atoms with Gasteiger partial charge in [0.05, 0.1) is 19.9 Å². The summed E-state index contributed by atoms with van der Waals surface area (Å²) in [6, 6.07) is 6.47. The zero-order valence-electron chi connectivity index (χ0n) is 12.7. The van der Waals surface area contributed by atoms with Crippen LogP contribution in [0.1, 0.15) is 12.5 Å². The summed E-state index contributed by atoms with van der Waals surface area (Å²) in [7, 11) is 1.54. The smallest absolute Gasteiger partial charge is 0.324 e. The number of rotatable bonds is 2. The van der Waals surface area contributed by atoms with Crippen LogP contribution < -0.4 is 15.4 Å². The Morgan fingerprint density at radius 3 is 3.00 bits per heavy atom. The van der Waals surface area contributed by atoms with Gasteiger partial charge in [-0.25, -0.2) is 9.78 Å². The van der Waals surface area contributed by atoms with E-state index in [2.05, 4.69) is 15.6 Å². The number of hydrogen-bond donors (Lipinski definition) is 2. The molecule has 2 aromatic rings. The second kappa shape index (κ2) is 6.25. The molecular weight excluding hydrogens is 316 g/mol. The fourth-order valence-electron chi connectivity index (χ4n) is 2.30. The number of anilines is 2. The summed E-state index contributed by atoms with van der Waals surface area (Å²) >= 11 is 1.23. The molecule has 0 spiro atoms. The van der Waals surface area contributed by atoms with E-state index in [-0.39, 0.29) is 11.9 Å². The molecule has 3 rings (SSSR count). The van der Waals surface area contributed by atoms with Crippen molar-refractivity contribution in [2.75, 3.05) is 17.7 Å². The number of carbonyl (C=O) groups is 2. The third-order valence-electron chi connectivity index (χ3n) is 3.62. The van der Waals surface area contributed by atoms with Gasteiger partial charge in [0.1, 0.15) is 6.04 Å². The van der Waals surface area contributed by atoms with Crippen molar-refractivity contribution in [1.82, 2.24) is 9.88 Å². The van der Waals surface area contributed by atoms with Crippen molar-refractivity contribution >= 4 is 34.1 Å². The van der Waals surface area contributed by atoms with Crippen LogP contribution in [0.25, 0.3) is 0 Å². The van der Waals surface area contributed by atoms with Crippen molar-refractivity contribution in [1.29, 1.82) is 0 Å². The van der Waals surface area contributed by atoms with Crippen LogP contribution in [0.5, 0.6) is 5.06 Å². The number of nitrogens with one attached hydrogen (secondary N) is 2. The first-order valence-corrected chi connectivity index (χ1v) is 7.86. The van der Waals surface area contributed by atoms with Crippen LogP contribution in [-0.2, 0) is 11.3 Å². The molecule has 0 aliphatic carbocycles. The molecule has 120 valence electrons. The Bertz CT molecular complexity index is 746. The molecule has 1 atom stereocenters. The van der Waals surface area contributed by atoms with Gasteiger partial charge < -0.3 is 15.0 Å². The lowest BCUT2D eigenvalue weighted by atomic mass is 10.2. The number of carbonyl (C=O) groups excluding carboxylic acids is 2. The third kappa shape index (κ3) is 3.11. The normalized spacial score (nSPS) is 17.0. The van der Waals surface area contributed by atoms with Gasteiger partial charge in [-0.2, -0.15) is 0 Å². The maximum absolute atomic E-state index is 12.5. The van der Waals surface area contributed by atoms with E-state index in [4.69, 9.17) is 4.74 Å². The molecule has 0 bridgehead atoms. The number of nitrogens with zero attached hydrogens (tertiary/aromatic N) is 2. The molecule has 2 heterocycles. The summed E-state index contributed by atoms with van der Waals surface area (Å²) in [6.07, 6.45) is 1.54. The topological polar surface area (TPSA) is 83.6 Å². The van der Waals surface area contributed by atoms with E-state index in [1.807, 2.05) is 24.3 Å². The fourth-order valence-corrected chi connectivity index (χ4v) is 2.92. The molecule has 1 aromatic carbocycles. The van der Waals surface area contributed by atoms with Crippen molar-refractivity contribution in [2.45, 2.75) is 19.5 Å². The first-order valence-electron chi connectivity index (χ1n) is 7.04. The van der Waals surface area contributed by atoms with Gasteiger partial charge in [0.25, 0.3) is 0 Å². The van der Waals surface area contributed by atoms with Crippen LogP contribution in [0, 0.1) is 0 Å². The largest absolute Gasteiger partial charge is 0.486 e. The third-order valence-corrected chi connectivity index (χ3v) is 4.50. The Kier molecular flexibility index (Phi) is 4.16. The Morgan fingerprint density at radius 2 is 2.26 bits per heavy atom. The number of para-hydroxylation sites is 1. The number of amides is 3. The number of benzene rings is 1. The maximum atomic E-state index is 12.5. The van der Waals surface area contributed by atoms with Crippen LogP contribution in [0.3, 0.4) is 0 Å². The standard InChI is InChI=1S/C15H16N4O3S/c1-9-13(20)17-11-6-4-3-5-10(11)8-19(9)15(21)18-14-16-7-12(22-2)23-14/h3-7,9H,8H2,1-2H3,(H,17,20)(H,16,18,21)/t9-/m0/s1. The number of fused-ring (bicyclic) bond motifs is 1. The van der Waals surface area contributed by atoms with Crippen molar-refractivity contribution < 1.29 is 14.3 Å². The lowest BCUT2D eigenvalue weighted by Crippen LogP contribution is -2.45. The van der Waals surface area contributed by atoms with Crippen LogP contribution >= 0.6 is 11.3 Å². The Morgan fingerprint density at radius 1 is 1.48 bits per heavy atom. The van der Waals surface area contributed by atoms with Crippen molar-refractivity contribution in [2.24, 2.45) is 0 Å². The van der Waals surface area contributed by atoms with Gasteiger partial charge in [-0.05, 0) is 18.6 Å². The minimum Gasteiger partial charge on any atom is -0.486 e. The van der Waals surface area contributed by atoms with Gasteiger partial charge in [-0.1, -0.05) is 29.5 Å². The molecule has 0 saturated heterocycles. The molecule has 1 aliphatic rings. The van der Waals surface area contributed by atoms with Crippen LogP contribution in [0.15, 0.2) is 30.5 Å². The molecule has 1 aromatic heterocycles. The van der Waals surface area contributed by atoms with Gasteiger partial charge in [0.15, 0.2) is 10.2 Å². The fraction of sp³-hybridized carbons (Fsp3) is 0.267. The van der Waals surface area contributed by atoms with Crippen LogP contribution in [0.2, 0.25) is 0 Å². The first-order chi connectivity index (χ1) is 11.1. The summed E-state index contributed by atoms with van der Waals surface area (Å²) in [5.74, 6) is -0.221. The van der Waals surface area contributed by atoms with Gasteiger partial charge >= 0.3 is 6.03 Å². The number of thiazole rings is 1. The predicted molar refractivity (Wildman–Crippen MR) is 87.8 cm³/mol. The van der Waals surface area contributed by atoms with E-state index >= 15 is 0 Å². The lowest BCUT2D eigenvalue weighted by Gasteiger charge is -2.25. The number of methoxy groups -OCH3 is 1. The molecule has 8 heteroatoms. The van der Waals surface area contributed by atoms with E-state index in [9.17, 15) is 9.59 Å². The highest BCUT2D eigenvalue weighted by Crippen LogP contribution is 2.27. The SMILES string of the molecule is COc1cnc(NC(=O)N2Cc3ccccc3NC(=O)[C@@H]2C)s1. The van der Waals surface area contributed by atoms with Gasteiger partial charge in [-0.15, -0.1) is 0 Å². The molecule has 0 saturated carbocycles. The van der Waals surface area contributed by atoms with E-state index in [0.717, 1.165) is 11.3 Å². The molecule has 7 nitrogen and oxygen atoms in total. The molecule has 2 N–H and O–H groups in total. The molecule has 0 fully saturated rings. The van der Waals surface area contributed by atoms with Gasteiger partial charge in [0.2, 0.25) is 5.91 Å². The van der Waals surface area contributed by atoms with Crippen molar-refractivity contribution in [3.05, 3.63) is 36.0 Å². The van der Waals surface area contributed by atoms with E-state index in [1.54, 1.807) is 6.92 Å². The van der Waals surface area contributed by atoms with Crippen molar-refractivity contribution in [3.63, 3.8) is 0 Å². The van der Waals surface area contributed by atoms with E-state index in [1.165, 1.54) is 29.5 Å². The van der Waals surface area contributed by atoms with E-state index < -0.39 is 6.04 Å². The van der Waals surface area contributed by atoms with Gasteiger partial charge in [-0.3, -0.25) is 10.1 Å². The molecule has 0 unspecified atom stereocenters. The van der Waals surface area contributed by atoms with Crippen LogP contribution in [0.4, 0.5) is 15.6 Å². The highest BCUT2D eigenvalue weighted by atomic mass is 32.1. The average molecular weight is 332 g/mol. The molecule has 23 heavy (non-hydrogen) atoms. The molecule has 1 aliphatic heterocycles. The summed E-state index contributed by atoms with van der Waals surface area (Å²) in [5.41, 5.74) is 1.62. The number of urea groups is 1. The van der Waals surface area contributed by atoms with E-state index in [0.29, 0.717) is 16.7 Å². The Balaban J connectivity index is 1.82. The average Bonchev–Trinajstić information content (AvgIpc) is 2.95. The lowest BCUT2D eigenvalue weighted by molar-refractivity contribution is -0.119. The number of ether oxygens (including phenoxy) is 1. The zero-order valence-corrected chi connectivity index (χ0v) is 13.5. The van der Waals surface area contributed by atoms with Crippen LogP contribution in [-0.4, -0.2) is 35.0 Å². The number of aromatic nitrogens is 1. The maximum Gasteiger partial charge on any atom is 0.324 e.